The van der Waals surface area contributed by atoms with Crippen molar-refractivity contribution in [2.24, 2.45) is 0 Å². The third kappa shape index (κ3) is 2.78. The van der Waals surface area contributed by atoms with Gasteiger partial charge < -0.3 is 10.1 Å². The van der Waals surface area contributed by atoms with Crippen LogP contribution in [0.1, 0.15) is 67.4 Å². The van der Waals surface area contributed by atoms with Crippen LogP contribution in [0.3, 0.4) is 0 Å². The Bertz CT molecular complexity index is 451. The summed E-state index contributed by atoms with van der Waals surface area (Å²) in [6.07, 6.45) is 7.30. The van der Waals surface area contributed by atoms with E-state index in [1.165, 1.54) is 47.7 Å². The average molecular weight is 294 g/mol. The maximum Gasteiger partial charge on any atom is 0.125 e. The molecular weight excluding hydrogens is 268 g/mol. The van der Waals surface area contributed by atoms with Crippen molar-refractivity contribution in [3.8, 4) is 0 Å². The minimum atomic E-state index is -0.108. The number of fused-ring (bicyclic) bond motifs is 1. The zero-order chi connectivity index (χ0) is 14.0. The topological polar surface area (TPSA) is 34.1 Å². The van der Waals surface area contributed by atoms with Crippen LogP contribution in [0.15, 0.2) is 0 Å². The summed E-state index contributed by atoms with van der Waals surface area (Å²) in [5.74, 6) is 0.611. The van der Waals surface area contributed by atoms with Crippen molar-refractivity contribution in [1.29, 1.82) is 0 Å². The summed E-state index contributed by atoms with van der Waals surface area (Å²) < 4.78 is 5.97. The van der Waals surface area contributed by atoms with Gasteiger partial charge in [0.05, 0.1) is 5.69 Å². The highest BCUT2D eigenvalue weighted by atomic mass is 32.1. The van der Waals surface area contributed by atoms with E-state index < -0.39 is 0 Å². The summed E-state index contributed by atoms with van der Waals surface area (Å²) in [6.45, 7) is 7.53. The highest BCUT2D eigenvalue weighted by Gasteiger charge is 2.37. The predicted molar refractivity (Wildman–Crippen MR) is 83.5 cm³/mol. The first-order valence-corrected chi connectivity index (χ1v) is 8.89. The first kappa shape index (κ1) is 14.5. The van der Waals surface area contributed by atoms with Crippen LogP contribution in [0.5, 0.6) is 0 Å². The van der Waals surface area contributed by atoms with Crippen LogP contribution in [-0.2, 0) is 16.8 Å². The maximum atomic E-state index is 5.97. The van der Waals surface area contributed by atoms with Crippen LogP contribution in [0, 0.1) is 0 Å². The fourth-order valence-corrected chi connectivity index (χ4v) is 4.65. The van der Waals surface area contributed by atoms with Crippen molar-refractivity contribution in [2.75, 3.05) is 19.7 Å². The van der Waals surface area contributed by atoms with Gasteiger partial charge in [-0.05, 0) is 52.0 Å². The average Bonchev–Trinajstić information content (AvgIpc) is 3.06. The normalized spacial score (nSPS) is 29.6. The van der Waals surface area contributed by atoms with Gasteiger partial charge in [0.15, 0.2) is 0 Å². The number of hydrogen-bond donors (Lipinski definition) is 1. The SMILES string of the molecule is CCCNCC1CCCc2sc(C3(C)CCCO3)nc21. The van der Waals surface area contributed by atoms with Gasteiger partial charge in [-0.1, -0.05) is 6.92 Å². The van der Waals surface area contributed by atoms with Gasteiger partial charge in [-0.2, -0.15) is 0 Å². The van der Waals surface area contributed by atoms with Gasteiger partial charge in [-0.25, -0.2) is 4.98 Å². The second kappa shape index (κ2) is 6.12. The van der Waals surface area contributed by atoms with Crippen LogP contribution in [0.25, 0.3) is 0 Å². The number of aryl methyl sites for hydroxylation is 1. The highest BCUT2D eigenvalue weighted by Crippen LogP contribution is 2.42. The van der Waals surface area contributed by atoms with Gasteiger partial charge >= 0.3 is 0 Å². The molecule has 1 aliphatic heterocycles. The van der Waals surface area contributed by atoms with Crippen molar-refractivity contribution < 1.29 is 4.74 Å². The smallest absolute Gasteiger partial charge is 0.125 e. The fourth-order valence-electron chi connectivity index (χ4n) is 3.33. The lowest BCUT2D eigenvalue weighted by atomic mass is 9.91. The largest absolute Gasteiger partial charge is 0.368 e. The Morgan fingerprint density at radius 3 is 3.10 bits per heavy atom. The quantitative estimate of drug-likeness (QED) is 0.843. The molecule has 20 heavy (non-hydrogen) atoms. The third-order valence-corrected chi connectivity index (χ3v) is 5.94. The number of nitrogens with zero attached hydrogens (tertiary/aromatic N) is 1. The molecule has 0 saturated carbocycles. The number of ether oxygens (including phenoxy) is 1. The molecule has 0 bridgehead atoms. The first-order chi connectivity index (χ1) is 9.73. The molecule has 0 radical (unpaired) electrons. The summed E-state index contributed by atoms with van der Waals surface area (Å²) in [5, 5.41) is 4.79. The zero-order valence-corrected chi connectivity index (χ0v) is 13.5. The monoisotopic (exact) mass is 294 g/mol. The van der Waals surface area contributed by atoms with E-state index in [2.05, 4.69) is 19.2 Å². The van der Waals surface area contributed by atoms with Gasteiger partial charge in [0.25, 0.3) is 0 Å². The van der Waals surface area contributed by atoms with Crippen molar-refractivity contribution in [2.45, 2.75) is 63.9 Å². The van der Waals surface area contributed by atoms with Crippen molar-refractivity contribution >= 4 is 11.3 Å². The molecule has 1 N–H and O–H groups in total. The van der Waals surface area contributed by atoms with Crippen molar-refractivity contribution in [1.82, 2.24) is 10.3 Å². The Balaban J connectivity index is 1.77. The third-order valence-electron chi connectivity index (χ3n) is 4.56. The summed E-state index contributed by atoms with van der Waals surface area (Å²) in [4.78, 5) is 6.54. The molecule has 1 saturated heterocycles. The number of nitrogens with one attached hydrogen (secondary N) is 1. The lowest BCUT2D eigenvalue weighted by Crippen LogP contribution is -2.25. The lowest BCUT2D eigenvalue weighted by Gasteiger charge is -2.21. The Morgan fingerprint density at radius 2 is 2.35 bits per heavy atom. The van der Waals surface area contributed by atoms with Crippen molar-refractivity contribution in [3.05, 3.63) is 15.6 Å². The molecule has 2 unspecified atom stereocenters. The molecule has 3 rings (SSSR count). The molecule has 1 aromatic rings. The van der Waals surface area contributed by atoms with E-state index in [1.807, 2.05) is 11.3 Å². The van der Waals surface area contributed by atoms with Gasteiger partial charge in [0, 0.05) is 23.9 Å². The second-order valence-electron chi connectivity index (χ2n) is 6.30. The second-order valence-corrected chi connectivity index (χ2v) is 7.39. The first-order valence-electron chi connectivity index (χ1n) is 8.07. The standard InChI is InChI=1S/C16H26N2OS/c1-3-9-17-11-12-6-4-7-13-14(12)18-15(20-13)16(2)8-5-10-19-16/h12,17H,3-11H2,1-2H3. The highest BCUT2D eigenvalue weighted by molar-refractivity contribution is 7.11. The van der Waals surface area contributed by atoms with E-state index in [9.17, 15) is 0 Å². The van der Waals surface area contributed by atoms with Gasteiger partial charge in [0.1, 0.15) is 10.6 Å². The van der Waals surface area contributed by atoms with Gasteiger partial charge in [-0.15, -0.1) is 11.3 Å². The molecule has 2 aliphatic rings. The summed E-state index contributed by atoms with van der Waals surface area (Å²) in [5.41, 5.74) is 1.26. The number of aromatic nitrogens is 1. The van der Waals surface area contributed by atoms with E-state index in [-0.39, 0.29) is 5.60 Å². The Kier molecular flexibility index (Phi) is 4.43. The van der Waals surface area contributed by atoms with E-state index >= 15 is 0 Å². The molecule has 0 spiro atoms. The molecule has 3 nitrogen and oxygen atoms in total. The zero-order valence-electron chi connectivity index (χ0n) is 12.7. The number of rotatable bonds is 5. The van der Waals surface area contributed by atoms with E-state index in [1.54, 1.807) is 0 Å². The Morgan fingerprint density at radius 1 is 1.45 bits per heavy atom. The number of hydrogen-bond acceptors (Lipinski definition) is 4. The minimum Gasteiger partial charge on any atom is -0.368 e. The van der Waals surface area contributed by atoms with Crippen LogP contribution in [-0.4, -0.2) is 24.7 Å². The van der Waals surface area contributed by atoms with E-state index in [0.29, 0.717) is 5.92 Å². The molecule has 2 atom stereocenters. The summed E-state index contributed by atoms with van der Waals surface area (Å²) in [6, 6.07) is 0. The van der Waals surface area contributed by atoms with Gasteiger partial charge in [0.2, 0.25) is 0 Å². The predicted octanol–water partition coefficient (Wildman–Crippen LogP) is 3.59. The van der Waals surface area contributed by atoms with Crippen LogP contribution < -0.4 is 5.32 Å². The minimum absolute atomic E-state index is 0.108. The van der Waals surface area contributed by atoms with Crippen LogP contribution >= 0.6 is 11.3 Å². The lowest BCUT2D eigenvalue weighted by molar-refractivity contribution is 0.0165. The molecular formula is C16H26N2OS. The van der Waals surface area contributed by atoms with Gasteiger partial charge in [-0.3, -0.25) is 0 Å². The molecule has 4 heteroatoms. The molecule has 0 aromatic carbocycles. The Labute approximate surface area is 126 Å². The molecule has 0 amide bonds. The Hall–Kier alpha value is -0.450. The molecule has 1 aromatic heterocycles. The molecule has 1 aliphatic carbocycles. The molecule has 2 heterocycles. The van der Waals surface area contributed by atoms with E-state index in [0.717, 1.165) is 26.1 Å². The molecule has 1 fully saturated rings. The van der Waals surface area contributed by atoms with Crippen LogP contribution in [0.2, 0.25) is 0 Å². The summed E-state index contributed by atoms with van der Waals surface area (Å²) in [7, 11) is 0. The maximum absolute atomic E-state index is 5.97. The van der Waals surface area contributed by atoms with Crippen molar-refractivity contribution in [3.63, 3.8) is 0 Å². The van der Waals surface area contributed by atoms with E-state index in [4.69, 9.17) is 9.72 Å². The fraction of sp³-hybridized carbons (Fsp3) is 0.812. The summed E-state index contributed by atoms with van der Waals surface area (Å²) >= 11 is 1.91. The number of thiazole rings is 1. The van der Waals surface area contributed by atoms with Crippen LogP contribution in [0.4, 0.5) is 0 Å². The molecule has 112 valence electrons.